The molecule has 9 nitrogen and oxygen atoms in total. The van der Waals surface area contributed by atoms with Gasteiger partial charge in [0.05, 0.1) is 26.0 Å². The number of hydrogen-bond donors (Lipinski definition) is 1. The molecule has 9 heteroatoms. The monoisotopic (exact) mass is 411 g/mol. The second kappa shape index (κ2) is 9.08. The lowest BCUT2D eigenvalue weighted by Gasteiger charge is -2.28. The first-order valence-electron chi connectivity index (χ1n) is 9.99. The van der Waals surface area contributed by atoms with Gasteiger partial charge in [-0.05, 0) is 24.6 Å². The van der Waals surface area contributed by atoms with Crippen LogP contribution in [0.3, 0.4) is 0 Å². The Bertz CT molecular complexity index is 1010. The van der Waals surface area contributed by atoms with Crippen LogP contribution < -0.4 is 15.0 Å². The lowest BCUT2D eigenvalue weighted by molar-refractivity contribution is -0.121. The second-order valence-corrected chi connectivity index (χ2v) is 7.14. The number of carbonyl (C=O) groups excluding carboxylic acids is 1. The molecular weight excluding hydrogens is 386 g/mol. The number of ether oxygens (including phenoxy) is 2. The molecule has 1 aromatic carbocycles. The van der Waals surface area contributed by atoms with E-state index in [0.29, 0.717) is 37.7 Å². The first-order chi connectivity index (χ1) is 14.6. The highest BCUT2D eigenvalue weighted by atomic mass is 16.5. The van der Waals surface area contributed by atoms with Gasteiger partial charge in [-0.3, -0.25) is 4.79 Å². The Kier molecular flexibility index (Phi) is 6.08. The largest absolute Gasteiger partial charge is 0.497 e. The van der Waals surface area contributed by atoms with Gasteiger partial charge in [0, 0.05) is 32.5 Å². The molecule has 0 radical (unpaired) electrons. The Morgan fingerprint density at radius 3 is 2.70 bits per heavy atom. The maximum absolute atomic E-state index is 12.3. The van der Waals surface area contributed by atoms with E-state index in [9.17, 15) is 4.79 Å². The number of nitrogens with one attached hydrogen (secondary N) is 1. The molecule has 1 N–H and O–H groups in total. The molecule has 1 amide bonds. The van der Waals surface area contributed by atoms with Crippen LogP contribution in [0.5, 0.6) is 5.75 Å². The van der Waals surface area contributed by atoms with Crippen LogP contribution in [0.4, 0.5) is 5.82 Å². The summed E-state index contributed by atoms with van der Waals surface area (Å²) in [5.41, 5.74) is 2.22. The Hall–Kier alpha value is -3.20. The molecule has 2 aromatic heterocycles. The molecule has 0 spiro atoms. The van der Waals surface area contributed by atoms with Gasteiger partial charge in [0.15, 0.2) is 0 Å². The van der Waals surface area contributed by atoms with E-state index in [1.807, 2.05) is 31.2 Å². The highest BCUT2D eigenvalue weighted by Crippen LogP contribution is 2.27. The van der Waals surface area contributed by atoms with Crippen molar-refractivity contribution in [1.29, 1.82) is 0 Å². The summed E-state index contributed by atoms with van der Waals surface area (Å²) in [6.45, 7) is 5.14. The lowest BCUT2D eigenvalue weighted by Crippen LogP contribution is -2.37. The Balaban J connectivity index is 1.41. The third kappa shape index (κ3) is 4.51. The third-order valence-corrected chi connectivity index (χ3v) is 5.07. The average Bonchev–Trinajstić information content (AvgIpc) is 3.17. The van der Waals surface area contributed by atoms with Gasteiger partial charge in [0.25, 0.3) is 5.71 Å². The summed E-state index contributed by atoms with van der Waals surface area (Å²) >= 11 is 0. The van der Waals surface area contributed by atoms with Crippen molar-refractivity contribution in [2.24, 2.45) is 0 Å². The fourth-order valence-electron chi connectivity index (χ4n) is 3.39. The molecule has 1 saturated heterocycles. The van der Waals surface area contributed by atoms with Crippen molar-refractivity contribution in [3.63, 3.8) is 0 Å². The van der Waals surface area contributed by atoms with E-state index in [4.69, 9.17) is 19.0 Å². The van der Waals surface area contributed by atoms with E-state index in [0.717, 1.165) is 41.3 Å². The zero-order chi connectivity index (χ0) is 20.9. The fraction of sp³-hybridized carbons (Fsp3) is 0.429. The summed E-state index contributed by atoms with van der Waals surface area (Å²) in [7, 11) is 1.63. The van der Waals surface area contributed by atoms with Crippen molar-refractivity contribution in [1.82, 2.24) is 20.4 Å². The Morgan fingerprint density at radius 1 is 1.20 bits per heavy atom. The lowest BCUT2D eigenvalue weighted by atomic mass is 10.2. The van der Waals surface area contributed by atoms with Gasteiger partial charge in [-0.1, -0.05) is 17.3 Å². The van der Waals surface area contributed by atoms with E-state index in [1.54, 1.807) is 7.11 Å². The molecule has 0 atom stereocenters. The SMILES string of the molecule is COc1ccc(CNC(=O)CCc2nc(N3CCOCC3)c3c(C)noc3n2)cc1. The summed E-state index contributed by atoms with van der Waals surface area (Å²) in [4.78, 5) is 23.7. The minimum Gasteiger partial charge on any atom is -0.497 e. The number of amides is 1. The number of fused-ring (bicyclic) bond motifs is 1. The van der Waals surface area contributed by atoms with Crippen molar-refractivity contribution in [2.45, 2.75) is 26.3 Å². The quantitative estimate of drug-likeness (QED) is 0.630. The summed E-state index contributed by atoms with van der Waals surface area (Å²) in [5, 5.41) is 7.79. The number of aromatic nitrogens is 3. The molecule has 1 aliphatic rings. The van der Waals surface area contributed by atoms with Crippen molar-refractivity contribution in [3.8, 4) is 5.75 Å². The second-order valence-electron chi connectivity index (χ2n) is 7.14. The number of morpholine rings is 1. The molecule has 30 heavy (non-hydrogen) atoms. The molecule has 158 valence electrons. The summed E-state index contributed by atoms with van der Waals surface area (Å²) < 4.78 is 16.0. The third-order valence-electron chi connectivity index (χ3n) is 5.07. The van der Waals surface area contributed by atoms with Crippen LogP contribution in [0.2, 0.25) is 0 Å². The smallest absolute Gasteiger partial charge is 0.263 e. The average molecular weight is 411 g/mol. The zero-order valence-electron chi connectivity index (χ0n) is 17.2. The number of aryl methyl sites for hydroxylation is 2. The first-order valence-corrected chi connectivity index (χ1v) is 9.99. The standard InChI is InChI=1S/C21H25N5O4/c1-14-19-20(26-9-11-29-12-10-26)23-17(24-21(19)30-25-14)7-8-18(27)22-13-15-3-5-16(28-2)6-4-15/h3-6H,7-13H2,1-2H3,(H,22,27). The van der Waals surface area contributed by atoms with Gasteiger partial charge in [-0.25, -0.2) is 4.98 Å². The van der Waals surface area contributed by atoms with Crippen LogP contribution in [-0.4, -0.2) is 54.4 Å². The Labute approximate surface area is 174 Å². The van der Waals surface area contributed by atoms with Crippen molar-refractivity contribution in [2.75, 3.05) is 38.3 Å². The molecule has 0 aliphatic carbocycles. The molecule has 0 bridgehead atoms. The molecule has 3 aromatic rings. The number of methoxy groups -OCH3 is 1. The van der Waals surface area contributed by atoms with Crippen LogP contribution in [0.1, 0.15) is 23.5 Å². The number of rotatable bonds is 7. The number of anilines is 1. The summed E-state index contributed by atoms with van der Waals surface area (Å²) in [5.74, 6) is 2.10. The molecule has 3 heterocycles. The van der Waals surface area contributed by atoms with Crippen LogP contribution in [0.25, 0.3) is 11.1 Å². The van der Waals surface area contributed by atoms with Gasteiger partial charge in [0.2, 0.25) is 5.91 Å². The topological polar surface area (TPSA) is 103 Å². The number of hydrogen-bond acceptors (Lipinski definition) is 8. The van der Waals surface area contributed by atoms with Crippen molar-refractivity contribution < 1.29 is 18.8 Å². The van der Waals surface area contributed by atoms with E-state index in [2.05, 4.69) is 20.4 Å². The van der Waals surface area contributed by atoms with E-state index < -0.39 is 0 Å². The molecular formula is C21H25N5O4. The number of benzene rings is 1. The molecule has 1 aliphatic heterocycles. The number of nitrogens with zero attached hydrogens (tertiary/aromatic N) is 4. The zero-order valence-corrected chi connectivity index (χ0v) is 17.2. The summed E-state index contributed by atoms with van der Waals surface area (Å²) in [6.07, 6.45) is 0.707. The van der Waals surface area contributed by atoms with Gasteiger partial charge < -0.3 is 24.2 Å². The summed E-state index contributed by atoms with van der Waals surface area (Å²) in [6, 6.07) is 7.60. The first kappa shape index (κ1) is 20.1. The predicted octanol–water partition coefficient (Wildman–Crippen LogP) is 2.02. The van der Waals surface area contributed by atoms with E-state index in [1.165, 1.54) is 0 Å². The maximum atomic E-state index is 12.3. The highest BCUT2D eigenvalue weighted by Gasteiger charge is 2.21. The normalized spacial score (nSPS) is 14.1. The van der Waals surface area contributed by atoms with Crippen molar-refractivity contribution >= 4 is 22.8 Å². The van der Waals surface area contributed by atoms with Crippen LogP contribution in [0.15, 0.2) is 28.8 Å². The number of carbonyl (C=O) groups is 1. The molecule has 0 unspecified atom stereocenters. The predicted molar refractivity (Wildman–Crippen MR) is 111 cm³/mol. The molecule has 0 saturated carbocycles. The minimum atomic E-state index is -0.0591. The highest BCUT2D eigenvalue weighted by molar-refractivity contribution is 5.88. The van der Waals surface area contributed by atoms with Crippen LogP contribution >= 0.6 is 0 Å². The minimum absolute atomic E-state index is 0.0591. The van der Waals surface area contributed by atoms with Gasteiger partial charge in [-0.15, -0.1) is 0 Å². The van der Waals surface area contributed by atoms with E-state index in [-0.39, 0.29) is 12.3 Å². The van der Waals surface area contributed by atoms with E-state index >= 15 is 0 Å². The van der Waals surface area contributed by atoms with Gasteiger partial charge >= 0.3 is 0 Å². The van der Waals surface area contributed by atoms with Crippen LogP contribution in [-0.2, 0) is 22.5 Å². The molecule has 4 rings (SSSR count). The van der Waals surface area contributed by atoms with Gasteiger partial charge in [0.1, 0.15) is 22.8 Å². The van der Waals surface area contributed by atoms with Gasteiger partial charge in [-0.2, -0.15) is 4.98 Å². The fourth-order valence-corrected chi connectivity index (χ4v) is 3.39. The maximum Gasteiger partial charge on any atom is 0.263 e. The molecule has 1 fully saturated rings. The Morgan fingerprint density at radius 2 is 1.97 bits per heavy atom. The van der Waals surface area contributed by atoms with Crippen LogP contribution in [0, 0.1) is 6.92 Å². The van der Waals surface area contributed by atoms with Crippen molar-refractivity contribution in [3.05, 3.63) is 41.3 Å².